The summed E-state index contributed by atoms with van der Waals surface area (Å²) in [6.07, 6.45) is 0. The maximum atomic E-state index is 9.80. The minimum absolute atomic E-state index is 0.205. The van der Waals surface area contributed by atoms with Gasteiger partial charge in [0.2, 0.25) is 0 Å². The third-order valence-corrected chi connectivity index (χ3v) is 3.69. The normalized spacial score (nSPS) is 12.4. The average Bonchev–Trinajstić information content (AvgIpc) is 2.38. The summed E-state index contributed by atoms with van der Waals surface area (Å²) < 4.78 is 0. The molecule has 0 saturated carbocycles. The van der Waals surface area contributed by atoms with E-state index in [0.717, 1.165) is 5.56 Å². The van der Waals surface area contributed by atoms with Gasteiger partial charge >= 0.3 is 0 Å². The predicted molar refractivity (Wildman–Crippen MR) is 79.6 cm³/mol. The van der Waals surface area contributed by atoms with Crippen molar-refractivity contribution in [3.63, 3.8) is 0 Å². The molecule has 0 bridgehead atoms. The van der Waals surface area contributed by atoms with Crippen LogP contribution in [0.5, 0.6) is 5.75 Å². The molecule has 0 radical (unpaired) electrons. The van der Waals surface area contributed by atoms with Crippen LogP contribution in [0.15, 0.2) is 42.5 Å². The van der Waals surface area contributed by atoms with Crippen LogP contribution in [0.2, 0.25) is 5.02 Å². The largest absolute Gasteiger partial charge is 0.508 e. The zero-order valence-corrected chi connectivity index (χ0v) is 11.9. The number of aryl methyl sites for hydroxylation is 1. The molecule has 0 heterocycles. The Hall–Kier alpha value is -1.51. The van der Waals surface area contributed by atoms with Crippen molar-refractivity contribution in [1.82, 2.24) is 5.32 Å². The van der Waals surface area contributed by atoms with E-state index in [9.17, 15) is 5.11 Å². The van der Waals surface area contributed by atoms with Gasteiger partial charge in [-0.1, -0.05) is 41.9 Å². The molecular formula is C16H18ClNO. The van der Waals surface area contributed by atoms with Crippen LogP contribution >= 0.6 is 11.6 Å². The topological polar surface area (TPSA) is 32.3 Å². The van der Waals surface area contributed by atoms with Gasteiger partial charge in [0.05, 0.1) is 0 Å². The Balaban J connectivity index is 2.09. The van der Waals surface area contributed by atoms with Crippen LogP contribution in [-0.2, 0) is 6.54 Å². The molecule has 0 aliphatic rings. The van der Waals surface area contributed by atoms with E-state index in [-0.39, 0.29) is 11.8 Å². The summed E-state index contributed by atoms with van der Waals surface area (Å²) in [5.41, 5.74) is 3.25. The first-order valence-corrected chi connectivity index (χ1v) is 6.72. The fourth-order valence-electron chi connectivity index (χ4n) is 2.16. The fraction of sp³-hybridized carbons (Fsp3) is 0.250. The molecule has 0 spiro atoms. The molecule has 0 amide bonds. The maximum absolute atomic E-state index is 9.80. The third kappa shape index (κ3) is 3.28. The quantitative estimate of drug-likeness (QED) is 0.876. The van der Waals surface area contributed by atoms with Crippen molar-refractivity contribution in [2.45, 2.75) is 26.4 Å². The van der Waals surface area contributed by atoms with Crippen molar-refractivity contribution in [2.24, 2.45) is 0 Å². The van der Waals surface area contributed by atoms with Gasteiger partial charge in [-0.25, -0.2) is 0 Å². The SMILES string of the molecule is Cc1ccccc1C(C)NCc1c(O)cccc1Cl. The lowest BCUT2D eigenvalue weighted by molar-refractivity contribution is 0.460. The van der Waals surface area contributed by atoms with Crippen LogP contribution in [0.25, 0.3) is 0 Å². The fourth-order valence-corrected chi connectivity index (χ4v) is 2.40. The second kappa shape index (κ2) is 6.09. The summed E-state index contributed by atoms with van der Waals surface area (Å²) in [6, 6.07) is 13.7. The van der Waals surface area contributed by atoms with Gasteiger partial charge < -0.3 is 10.4 Å². The van der Waals surface area contributed by atoms with E-state index < -0.39 is 0 Å². The lowest BCUT2D eigenvalue weighted by atomic mass is 10.0. The number of nitrogens with one attached hydrogen (secondary N) is 1. The van der Waals surface area contributed by atoms with Gasteiger partial charge in [-0.2, -0.15) is 0 Å². The van der Waals surface area contributed by atoms with Crippen LogP contribution < -0.4 is 5.32 Å². The molecule has 2 nitrogen and oxygen atoms in total. The van der Waals surface area contributed by atoms with Gasteiger partial charge in [0.15, 0.2) is 0 Å². The molecule has 19 heavy (non-hydrogen) atoms. The average molecular weight is 276 g/mol. The second-order valence-electron chi connectivity index (χ2n) is 4.70. The van der Waals surface area contributed by atoms with Crippen molar-refractivity contribution >= 4 is 11.6 Å². The predicted octanol–water partition coefficient (Wildman–Crippen LogP) is 4.20. The van der Waals surface area contributed by atoms with Gasteiger partial charge in [0, 0.05) is 23.2 Å². The Kier molecular flexibility index (Phi) is 4.46. The van der Waals surface area contributed by atoms with Gasteiger partial charge in [0.1, 0.15) is 5.75 Å². The van der Waals surface area contributed by atoms with Crippen LogP contribution in [0.3, 0.4) is 0 Å². The number of hydrogen-bond acceptors (Lipinski definition) is 2. The Morgan fingerprint density at radius 2 is 1.89 bits per heavy atom. The highest BCUT2D eigenvalue weighted by Gasteiger charge is 2.10. The second-order valence-corrected chi connectivity index (χ2v) is 5.10. The number of phenolic OH excluding ortho intramolecular Hbond substituents is 1. The van der Waals surface area contributed by atoms with Crippen molar-refractivity contribution in [2.75, 3.05) is 0 Å². The number of halogens is 1. The zero-order chi connectivity index (χ0) is 13.8. The van der Waals surface area contributed by atoms with E-state index in [0.29, 0.717) is 11.6 Å². The molecule has 0 aliphatic heterocycles. The summed E-state index contributed by atoms with van der Waals surface area (Å²) in [5.74, 6) is 0.233. The van der Waals surface area contributed by atoms with E-state index in [4.69, 9.17) is 11.6 Å². The van der Waals surface area contributed by atoms with E-state index in [1.165, 1.54) is 11.1 Å². The zero-order valence-electron chi connectivity index (χ0n) is 11.2. The molecule has 2 rings (SSSR count). The van der Waals surface area contributed by atoms with Gasteiger partial charge in [-0.3, -0.25) is 0 Å². The van der Waals surface area contributed by atoms with Crippen LogP contribution in [0.4, 0.5) is 0 Å². The molecule has 0 saturated heterocycles. The lowest BCUT2D eigenvalue weighted by Gasteiger charge is -2.17. The molecule has 100 valence electrons. The van der Waals surface area contributed by atoms with E-state index in [1.807, 2.05) is 12.1 Å². The molecule has 1 unspecified atom stereocenters. The van der Waals surface area contributed by atoms with Crippen molar-refractivity contribution in [3.05, 3.63) is 64.2 Å². The summed E-state index contributed by atoms with van der Waals surface area (Å²) >= 11 is 6.09. The lowest BCUT2D eigenvalue weighted by Crippen LogP contribution is -2.19. The molecule has 1 atom stereocenters. The first-order chi connectivity index (χ1) is 9.09. The number of hydrogen-bond donors (Lipinski definition) is 2. The van der Waals surface area contributed by atoms with Crippen LogP contribution in [0.1, 0.15) is 29.7 Å². The minimum Gasteiger partial charge on any atom is -0.508 e. The molecule has 0 aliphatic carbocycles. The Morgan fingerprint density at radius 1 is 1.16 bits per heavy atom. The smallest absolute Gasteiger partial charge is 0.121 e. The molecule has 3 heteroatoms. The Labute approximate surface area is 119 Å². The molecule has 2 aromatic carbocycles. The Bertz CT molecular complexity index is 548. The van der Waals surface area contributed by atoms with Crippen LogP contribution in [0, 0.1) is 6.92 Å². The maximum Gasteiger partial charge on any atom is 0.121 e. The Morgan fingerprint density at radius 3 is 2.58 bits per heavy atom. The summed E-state index contributed by atoms with van der Waals surface area (Å²) in [7, 11) is 0. The molecule has 0 fully saturated rings. The first-order valence-electron chi connectivity index (χ1n) is 6.35. The van der Waals surface area contributed by atoms with Crippen molar-refractivity contribution < 1.29 is 5.11 Å². The number of aromatic hydroxyl groups is 1. The molecule has 0 aromatic heterocycles. The monoisotopic (exact) mass is 275 g/mol. The highest BCUT2D eigenvalue weighted by atomic mass is 35.5. The van der Waals surface area contributed by atoms with Gasteiger partial charge in [-0.05, 0) is 37.1 Å². The molecular weight excluding hydrogens is 258 g/mol. The van der Waals surface area contributed by atoms with E-state index in [2.05, 4.69) is 31.3 Å². The van der Waals surface area contributed by atoms with Crippen LogP contribution in [-0.4, -0.2) is 5.11 Å². The number of rotatable bonds is 4. The van der Waals surface area contributed by atoms with Crippen molar-refractivity contribution in [3.8, 4) is 5.75 Å². The minimum atomic E-state index is 0.205. The highest BCUT2D eigenvalue weighted by Crippen LogP contribution is 2.26. The number of benzene rings is 2. The van der Waals surface area contributed by atoms with Gasteiger partial charge in [0.25, 0.3) is 0 Å². The summed E-state index contributed by atoms with van der Waals surface area (Å²) in [6.45, 7) is 4.75. The first kappa shape index (κ1) is 13.9. The van der Waals surface area contributed by atoms with E-state index >= 15 is 0 Å². The highest BCUT2D eigenvalue weighted by molar-refractivity contribution is 6.31. The standard InChI is InChI=1S/C16H18ClNO/c1-11-6-3-4-7-13(11)12(2)18-10-14-15(17)8-5-9-16(14)19/h3-9,12,18-19H,10H2,1-2H3. The van der Waals surface area contributed by atoms with E-state index in [1.54, 1.807) is 18.2 Å². The van der Waals surface area contributed by atoms with Crippen molar-refractivity contribution in [1.29, 1.82) is 0 Å². The third-order valence-electron chi connectivity index (χ3n) is 3.33. The summed E-state index contributed by atoms with van der Waals surface area (Å²) in [4.78, 5) is 0. The molecule has 2 aromatic rings. The summed E-state index contributed by atoms with van der Waals surface area (Å²) in [5, 5.41) is 13.8. The van der Waals surface area contributed by atoms with Gasteiger partial charge in [-0.15, -0.1) is 0 Å². The molecule has 2 N–H and O–H groups in total. The number of phenols is 1.